The van der Waals surface area contributed by atoms with E-state index in [4.69, 9.17) is 0 Å². The Morgan fingerprint density at radius 3 is 2.00 bits per heavy atom. The van der Waals surface area contributed by atoms with Crippen molar-refractivity contribution in [3.63, 3.8) is 0 Å². The first-order valence-corrected chi connectivity index (χ1v) is 7.96. The van der Waals surface area contributed by atoms with Crippen molar-refractivity contribution < 1.29 is 0 Å². The molecule has 0 saturated carbocycles. The summed E-state index contributed by atoms with van der Waals surface area (Å²) in [5.41, 5.74) is 0.439. The zero-order valence-electron chi connectivity index (χ0n) is 12.6. The number of hydrogen-bond acceptors (Lipinski definition) is 2. The van der Waals surface area contributed by atoms with Crippen molar-refractivity contribution in [2.24, 2.45) is 11.3 Å². The largest absolute Gasteiger partial charge is 0.306 e. The van der Waals surface area contributed by atoms with Crippen LogP contribution < -0.4 is 0 Å². The minimum absolute atomic E-state index is 0.439. The lowest BCUT2D eigenvalue weighted by Crippen LogP contribution is -2.39. The topological polar surface area (TPSA) is 3.24 Å². The molecule has 0 saturated heterocycles. The SMILES string of the molecule is CCCC(CS)(CCC)CN(C)CC(C)CC. The lowest BCUT2D eigenvalue weighted by Gasteiger charge is -2.37. The summed E-state index contributed by atoms with van der Waals surface area (Å²) in [5.74, 6) is 1.83. The second kappa shape index (κ2) is 9.27. The van der Waals surface area contributed by atoms with Crippen LogP contribution in [0.2, 0.25) is 0 Å². The quantitative estimate of drug-likeness (QED) is 0.566. The van der Waals surface area contributed by atoms with Crippen LogP contribution in [-0.2, 0) is 0 Å². The minimum atomic E-state index is 0.439. The maximum atomic E-state index is 4.63. The summed E-state index contributed by atoms with van der Waals surface area (Å²) < 4.78 is 0. The van der Waals surface area contributed by atoms with E-state index in [9.17, 15) is 0 Å². The van der Waals surface area contributed by atoms with Gasteiger partial charge < -0.3 is 4.90 Å². The number of rotatable bonds is 10. The standard InChI is InChI=1S/C15H33NS/c1-6-9-15(13-17,10-7-2)12-16(5)11-14(4)8-3/h14,17H,6-13H2,1-5H3. The van der Waals surface area contributed by atoms with Gasteiger partial charge >= 0.3 is 0 Å². The summed E-state index contributed by atoms with van der Waals surface area (Å²) in [6.07, 6.45) is 6.46. The summed E-state index contributed by atoms with van der Waals surface area (Å²) in [6.45, 7) is 11.6. The fourth-order valence-corrected chi connectivity index (χ4v) is 3.27. The van der Waals surface area contributed by atoms with Crippen LogP contribution in [0, 0.1) is 11.3 Å². The third kappa shape index (κ3) is 6.71. The summed E-state index contributed by atoms with van der Waals surface area (Å²) in [4.78, 5) is 2.52. The van der Waals surface area contributed by atoms with Crippen LogP contribution in [-0.4, -0.2) is 30.8 Å². The molecule has 0 aromatic carbocycles. The Kier molecular flexibility index (Phi) is 9.44. The van der Waals surface area contributed by atoms with E-state index < -0.39 is 0 Å². The highest BCUT2D eigenvalue weighted by molar-refractivity contribution is 7.80. The Morgan fingerprint density at radius 2 is 1.65 bits per heavy atom. The van der Waals surface area contributed by atoms with E-state index >= 15 is 0 Å². The van der Waals surface area contributed by atoms with Gasteiger partial charge in [0.15, 0.2) is 0 Å². The Morgan fingerprint density at radius 1 is 1.12 bits per heavy atom. The van der Waals surface area contributed by atoms with Gasteiger partial charge in [0, 0.05) is 13.1 Å². The number of nitrogens with zero attached hydrogens (tertiary/aromatic N) is 1. The van der Waals surface area contributed by atoms with Gasteiger partial charge in [0.05, 0.1) is 0 Å². The lowest BCUT2D eigenvalue weighted by molar-refractivity contribution is 0.155. The molecule has 0 fully saturated rings. The summed E-state index contributed by atoms with van der Waals surface area (Å²) in [7, 11) is 2.27. The molecule has 1 atom stereocenters. The highest BCUT2D eigenvalue weighted by Crippen LogP contribution is 2.32. The molecule has 0 aliphatic rings. The number of thiol groups is 1. The van der Waals surface area contributed by atoms with Gasteiger partial charge in [-0.15, -0.1) is 0 Å². The highest BCUT2D eigenvalue weighted by atomic mass is 32.1. The molecule has 2 heteroatoms. The molecule has 0 bridgehead atoms. The molecule has 0 aliphatic carbocycles. The van der Waals surface area contributed by atoms with Crippen molar-refractivity contribution in [3.05, 3.63) is 0 Å². The van der Waals surface area contributed by atoms with Crippen LogP contribution in [0.1, 0.15) is 59.8 Å². The summed E-state index contributed by atoms with van der Waals surface area (Å²) >= 11 is 4.63. The van der Waals surface area contributed by atoms with Crippen molar-refractivity contribution in [3.8, 4) is 0 Å². The zero-order chi connectivity index (χ0) is 13.3. The van der Waals surface area contributed by atoms with Crippen molar-refractivity contribution in [2.45, 2.75) is 59.8 Å². The van der Waals surface area contributed by atoms with E-state index in [1.54, 1.807) is 0 Å². The van der Waals surface area contributed by atoms with Crippen LogP contribution in [0.25, 0.3) is 0 Å². The molecule has 0 amide bonds. The third-order valence-corrected chi connectivity index (χ3v) is 4.49. The van der Waals surface area contributed by atoms with Gasteiger partial charge in [0.25, 0.3) is 0 Å². The second-order valence-electron chi connectivity index (χ2n) is 5.87. The van der Waals surface area contributed by atoms with Crippen molar-refractivity contribution >= 4 is 12.6 Å². The van der Waals surface area contributed by atoms with Crippen LogP contribution in [0.3, 0.4) is 0 Å². The fourth-order valence-electron chi connectivity index (χ4n) is 2.85. The molecule has 0 aromatic heterocycles. The molecule has 1 nitrogen and oxygen atoms in total. The maximum absolute atomic E-state index is 4.63. The van der Waals surface area contributed by atoms with Gasteiger partial charge in [-0.3, -0.25) is 0 Å². The Hall–Kier alpha value is 0.310. The van der Waals surface area contributed by atoms with E-state index in [0.29, 0.717) is 5.41 Å². The minimum Gasteiger partial charge on any atom is -0.306 e. The first kappa shape index (κ1) is 17.3. The number of hydrogen-bond donors (Lipinski definition) is 1. The molecule has 17 heavy (non-hydrogen) atoms. The lowest BCUT2D eigenvalue weighted by atomic mass is 9.80. The van der Waals surface area contributed by atoms with E-state index in [0.717, 1.165) is 11.7 Å². The van der Waals surface area contributed by atoms with Crippen LogP contribution >= 0.6 is 12.6 Å². The molecular formula is C15H33NS. The van der Waals surface area contributed by atoms with Crippen LogP contribution in [0.15, 0.2) is 0 Å². The fraction of sp³-hybridized carbons (Fsp3) is 1.00. The molecular weight excluding hydrogens is 226 g/mol. The molecule has 1 unspecified atom stereocenters. The van der Waals surface area contributed by atoms with E-state index in [1.165, 1.54) is 45.2 Å². The summed E-state index contributed by atoms with van der Waals surface area (Å²) in [5, 5.41) is 0. The molecule has 0 aliphatic heterocycles. The molecule has 0 spiro atoms. The van der Waals surface area contributed by atoms with Crippen molar-refractivity contribution in [2.75, 3.05) is 25.9 Å². The van der Waals surface area contributed by atoms with E-state index in [-0.39, 0.29) is 0 Å². The monoisotopic (exact) mass is 259 g/mol. The molecule has 0 aromatic rings. The first-order chi connectivity index (χ1) is 8.03. The first-order valence-electron chi connectivity index (χ1n) is 7.33. The third-order valence-electron chi connectivity index (χ3n) is 3.82. The molecule has 0 radical (unpaired) electrons. The average Bonchev–Trinajstić information content (AvgIpc) is 2.29. The van der Waals surface area contributed by atoms with Crippen LogP contribution in [0.5, 0.6) is 0 Å². The molecule has 0 N–H and O–H groups in total. The van der Waals surface area contributed by atoms with Crippen LogP contribution in [0.4, 0.5) is 0 Å². The van der Waals surface area contributed by atoms with E-state index in [2.05, 4.69) is 52.3 Å². The zero-order valence-corrected chi connectivity index (χ0v) is 13.5. The predicted molar refractivity (Wildman–Crippen MR) is 83.1 cm³/mol. The van der Waals surface area contributed by atoms with Crippen molar-refractivity contribution in [1.29, 1.82) is 0 Å². The van der Waals surface area contributed by atoms with Gasteiger partial charge in [0.1, 0.15) is 0 Å². The highest BCUT2D eigenvalue weighted by Gasteiger charge is 2.28. The van der Waals surface area contributed by atoms with Gasteiger partial charge in [-0.1, -0.05) is 47.0 Å². The Bertz CT molecular complexity index is 176. The van der Waals surface area contributed by atoms with Gasteiger partial charge in [-0.05, 0) is 37.0 Å². The molecule has 0 heterocycles. The molecule has 0 rings (SSSR count). The smallest absolute Gasteiger partial charge is 0.00428 e. The van der Waals surface area contributed by atoms with Gasteiger partial charge in [-0.2, -0.15) is 12.6 Å². The Balaban J connectivity index is 4.39. The predicted octanol–water partition coefficient (Wildman–Crippen LogP) is 4.48. The van der Waals surface area contributed by atoms with Gasteiger partial charge in [-0.25, -0.2) is 0 Å². The van der Waals surface area contributed by atoms with Gasteiger partial charge in [0.2, 0.25) is 0 Å². The van der Waals surface area contributed by atoms with Crippen molar-refractivity contribution in [1.82, 2.24) is 4.90 Å². The molecule has 104 valence electrons. The Labute approximate surface area is 115 Å². The van der Waals surface area contributed by atoms with E-state index in [1.807, 2.05) is 0 Å². The second-order valence-corrected chi connectivity index (χ2v) is 6.18. The maximum Gasteiger partial charge on any atom is 0.00428 e. The normalized spacial score (nSPS) is 14.3. The summed E-state index contributed by atoms with van der Waals surface area (Å²) in [6, 6.07) is 0. The average molecular weight is 260 g/mol.